The van der Waals surface area contributed by atoms with Crippen molar-refractivity contribution in [1.82, 2.24) is 5.01 Å². The second kappa shape index (κ2) is 7.84. The van der Waals surface area contributed by atoms with Crippen LogP contribution < -0.4 is 14.7 Å². The van der Waals surface area contributed by atoms with Crippen molar-refractivity contribution in [2.75, 3.05) is 32.8 Å². The molecule has 0 atom stereocenters. The van der Waals surface area contributed by atoms with Crippen LogP contribution in [-0.2, 0) is 0 Å². The van der Waals surface area contributed by atoms with E-state index in [4.69, 9.17) is 4.74 Å². The largest absolute Gasteiger partial charge is 0.870 e. The lowest BCUT2D eigenvalue weighted by molar-refractivity contribution is -0.838. The molecular weight excluding hydrogens is 302 g/mol. The maximum Gasteiger partial charge on any atom is 0.131 e. The topological polar surface area (TPSA) is 52.3 Å². The molecule has 1 N–H and O–H groups in total. The van der Waals surface area contributed by atoms with Crippen molar-refractivity contribution >= 4 is 11.9 Å². The molecule has 0 aliphatic carbocycles. The van der Waals surface area contributed by atoms with Gasteiger partial charge in [-0.2, -0.15) is 5.10 Å². The number of ether oxygens (including phenoxy) is 1. The summed E-state index contributed by atoms with van der Waals surface area (Å²) < 4.78 is 5.34. The van der Waals surface area contributed by atoms with Crippen molar-refractivity contribution in [3.8, 4) is 11.5 Å². The van der Waals surface area contributed by atoms with Crippen LogP contribution in [0.3, 0.4) is 0 Å². The Morgan fingerprint density at radius 3 is 2.58 bits per heavy atom. The van der Waals surface area contributed by atoms with E-state index in [1.54, 1.807) is 18.3 Å². The molecule has 3 rings (SSSR count). The number of hydrogen-bond acceptors (Lipinski definition) is 4. The van der Waals surface area contributed by atoms with E-state index in [2.05, 4.69) is 29.4 Å². The molecule has 5 heteroatoms. The van der Waals surface area contributed by atoms with E-state index in [1.165, 1.54) is 10.6 Å². The van der Waals surface area contributed by atoms with Crippen LogP contribution in [0.4, 0.5) is 5.69 Å². The first kappa shape index (κ1) is 16.3. The molecule has 0 unspecified atom stereocenters. The number of rotatable bonds is 5. The summed E-state index contributed by atoms with van der Waals surface area (Å²) in [5.74, 6) is 0.288. The molecule has 1 aliphatic heterocycles. The van der Waals surface area contributed by atoms with Crippen molar-refractivity contribution in [1.29, 1.82) is 0 Å². The molecular formula is C19H23N3O2. The molecule has 2 aromatic rings. The highest BCUT2D eigenvalue weighted by Gasteiger charge is 2.19. The summed E-state index contributed by atoms with van der Waals surface area (Å²) in [7, 11) is 0. The SMILES string of the molecule is CCOc1cccc(/C=N/N2CC[NH+](c3ccccc3)CC2)c1[O-]. The van der Waals surface area contributed by atoms with Crippen LogP contribution in [0, 0.1) is 0 Å². The Balaban J connectivity index is 1.60. The fourth-order valence-electron chi connectivity index (χ4n) is 2.89. The van der Waals surface area contributed by atoms with Gasteiger partial charge in [0, 0.05) is 0 Å². The van der Waals surface area contributed by atoms with E-state index in [9.17, 15) is 5.11 Å². The van der Waals surface area contributed by atoms with Gasteiger partial charge >= 0.3 is 0 Å². The van der Waals surface area contributed by atoms with Crippen molar-refractivity contribution in [3.05, 3.63) is 54.1 Å². The van der Waals surface area contributed by atoms with Crippen LogP contribution >= 0.6 is 0 Å². The zero-order chi connectivity index (χ0) is 16.8. The monoisotopic (exact) mass is 325 g/mol. The molecule has 0 radical (unpaired) electrons. The molecule has 126 valence electrons. The Morgan fingerprint density at radius 1 is 1.12 bits per heavy atom. The van der Waals surface area contributed by atoms with E-state index < -0.39 is 0 Å². The first-order valence-electron chi connectivity index (χ1n) is 8.40. The van der Waals surface area contributed by atoms with Crippen molar-refractivity contribution in [3.63, 3.8) is 0 Å². The lowest BCUT2D eigenvalue weighted by atomic mass is 10.2. The van der Waals surface area contributed by atoms with Gasteiger partial charge in [-0.3, -0.25) is 9.91 Å². The molecule has 0 spiro atoms. The van der Waals surface area contributed by atoms with Gasteiger partial charge in [0.1, 0.15) is 24.5 Å². The average molecular weight is 325 g/mol. The van der Waals surface area contributed by atoms with Crippen molar-refractivity contribution in [2.24, 2.45) is 5.10 Å². The second-order valence-corrected chi connectivity index (χ2v) is 5.78. The Hall–Kier alpha value is -2.53. The number of hydrazone groups is 1. The summed E-state index contributed by atoms with van der Waals surface area (Å²) >= 11 is 0. The molecule has 5 nitrogen and oxygen atoms in total. The predicted molar refractivity (Wildman–Crippen MR) is 93.0 cm³/mol. The summed E-state index contributed by atoms with van der Waals surface area (Å²) in [5.41, 5.74) is 1.89. The minimum Gasteiger partial charge on any atom is -0.870 e. The quantitative estimate of drug-likeness (QED) is 0.835. The van der Waals surface area contributed by atoms with Crippen LogP contribution in [-0.4, -0.2) is 44.0 Å². The van der Waals surface area contributed by atoms with Crippen LogP contribution in [0.15, 0.2) is 53.6 Å². The smallest absolute Gasteiger partial charge is 0.131 e. The van der Waals surface area contributed by atoms with E-state index in [-0.39, 0.29) is 5.75 Å². The van der Waals surface area contributed by atoms with E-state index in [1.807, 2.05) is 24.1 Å². The highest BCUT2D eigenvalue weighted by atomic mass is 16.5. The highest BCUT2D eigenvalue weighted by molar-refractivity contribution is 5.84. The van der Waals surface area contributed by atoms with Gasteiger partial charge in [0.25, 0.3) is 0 Å². The number of quaternary nitrogens is 1. The molecule has 0 saturated carbocycles. The molecule has 1 saturated heterocycles. The third-order valence-electron chi connectivity index (χ3n) is 4.19. The van der Waals surface area contributed by atoms with Gasteiger partial charge < -0.3 is 9.84 Å². The average Bonchev–Trinajstić information content (AvgIpc) is 2.64. The van der Waals surface area contributed by atoms with Gasteiger partial charge in [0.2, 0.25) is 0 Å². The van der Waals surface area contributed by atoms with E-state index in [0.717, 1.165) is 26.2 Å². The predicted octanol–water partition coefficient (Wildman–Crippen LogP) is 1.02. The third-order valence-corrected chi connectivity index (χ3v) is 4.19. The number of hydrogen-bond donors (Lipinski definition) is 1. The highest BCUT2D eigenvalue weighted by Crippen LogP contribution is 2.25. The zero-order valence-electron chi connectivity index (χ0n) is 13.9. The van der Waals surface area contributed by atoms with Gasteiger partial charge in [-0.25, -0.2) is 0 Å². The molecule has 0 aromatic heterocycles. The van der Waals surface area contributed by atoms with E-state index >= 15 is 0 Å². The van der Waals surface area contributed by atoms with Gasteiger partial charge in [0.05, 0.1) is 25.9 Å². The molecule has 1 fully saturated rings. The maximum absolute atomic E-state index is 12.2. The molecule has 24 heavy (non-hydrogen) atoms. The van der Waals surface area contributed by atoms with Crippen molar-refractivity contribution < 1.29 is 14.7 Å². The first-order chi connectivity index (χ1) is 11.8. The van der Waals surface area contributed by atoms with Crippen LogP contribution in [0.1, 0.15) is 12.5 Å². The van der Waals surface area contributed by atoms with Crippen LogP contribution in [0.2, 0.25) is 0 Å². The minimum absolute atomic E-state index is 0.100. The number of benzene rings is 2. The summed E-state index contributed by atoms with van der Waals surface area (Å²) in [6.45, 7) is 6.12. The van der Waals surface area contributed by atoms with Crippen LogP contribution in [0.25, 0.3) is 0 Å². The third kappa shape index (κ3) is 3.86. The number of nitrogens with one attached hydrogen (secondary N) is 1. The lowest BCUT2D eigenvalue weighted by Crippen LogP contribution is -3.10. The first-order valence-corrected chi connectivity index (χ1v) is 8.40. The second-order valence-electron chi connectivity index (χ2n) is 5.78. The number of para-hydroxylation sites is 2. The van der Waals surface area contributed by atoms with Crippen molar-refractivity contribution in [2.45, 2.75) is 6.92 Å². The fourth-order valence-corrected chi connectivity index (χ4v) is 2.89. The number of nitrogens with zero attached hydrogens (tertiary/aromatic N) is 2. The fraction of sp³-hybridized carbons (Fsp3) is 0.316. The molecule has 1 aliphatic rings. The Labute approximate surface area is 142 Å². The Morgan fingerprint density at radius 2 is 1.88 bits per heavy atom. The number of piperazine rings is 1. The Kier molecular flexibility index (Phi) is 5.33. The Bertz CT molecular complexity index is 680. The van der Waals surface area contributed by atoms with E-state index in [0.29, 0.717) is 17.9 Å². The van der Waals surface area contributed by atoms with Gasteiger partial charge in [-0.15, -0.1) is 0 Å². The molecule has 2 aromatic carbocycles. The van der Waals surface area contributed by atoms with Gasteiger partial charge in [-0.1, -0.05) is 36.1 Å². The summed E-state index contributed by atoms with van der Waals surface area (Å²) in [6.07, 6.45) is 1.65. The van der Waals surface area contributed by atoms with Crippen LogP contribution in [0.5, 0.6) is 11.5 Å². The van der Waals surface area contributed by atoms with Gasteiger partial charge in [-0.05, 0) is 30.7 Å². The molecule has 0 bridgehead atoms. The van der Waals surface area contributed by atoms with Gasteiger partial charge in [0.15, 0.2) is 0 Å². The maximum atomic E-state index is 12.2. The molecule has 0 amide bonds. The summed E-state index contributed by atoms with van der Waals surface area (Å²) in [5, 5.41) is 18.7. The summed E-state index contributed by atoms with van der Waals surface area (Å²) in [6, 6.07) is 15.8. The minimum atomic E-state index is -0.100. The standard InChI is InChI=1S/C19H23N3O2/c1-2-24-18-10-6-7-16(19(18)23)15-20-22-13-11-21(12-14-22)17-8-4-3-5-9-17/h3-10,15,23H,2,11-14H2,1H3/b20-15+. The summed E-state index contributed by atoms with van der Waals surface area (Å²) in [4.78, 5) is 1.48. The molecule has 1 heterocycles. The zero-order valence-corrected chi connectivity index (χ0v) is 13.9. The lowest BCUT2D eigenvalue weighted by Gasteiger charge is -2.30. The normalized spacial score (nSPS) is 15.8.